The third-order valence-corrected chi connectivity index (χ3v) is 9.24. The van der Waals surface area contributed by atoms with Crippen LogP contribution in [0.4, 0.5) is 11.6 Å². The summed E-state index contributed by atoms with van der Waals surface area (Å²) in [6.45, 7) is 3.85. The molecule has 10 nitrogen and oxygen atoms in total. The zero-order chi connectivity index (χ0) is 34.4. The van der Waals surface area contributed by atoms with Crippen LogP contribution >= 0.6 is 0 Å². The molecule has 0 saturated heterocycles. The van der Waals surface area contributed by atoms with Crippen molar-refractivity contribution in [3.8, 4) is 22.3 Å². The maximum absolute atomic E-state index is 13.5. The van der Waals surface area contributed by atoms with Gasteiger partial charge in [-0.15, -0.1) is 0 Å². The van der Waals surface area contributed by atoms with Crippen LogP contribution in [0, 0.1) is 25.7 Å². The molecule has 2 amide bonds. The number of nitrogens with one attached hydrogen (secondary N) is 2. The summed E-state index contributed by atoms with van der Waals surface area (Å²) in [5.74, 6) is 0.835. The van der Waals surface area contributed by atoms with Crippen LogP contribution in [0.25, 0.3) is 43.8 Å². The molecule has 50 heavy (non-hydrogen) atoms. The van der Waals surface area contributed by atoms with E-state index in [0.29, 0.717) is 22.8 Å². The molecule has 4 aromatic heterocycles. The van der Waals surface area contributed by atoms with Gasteiger partial charge in [-0.3, -0.25) is 19.6 Å². The van der Waals surface area contributed by atoms with E-state index in [1.165, 1.54) is 0 Å². The number of esters is 1. The molecule has 4 heterocycles. The summed E-state index contributed by atoms with van der Waals surface area (Å²) in [6, 6.07) is 19.5. The minimum Gasteiger partial charge on any atom is -0.457 e. The first kappa shape index (κ1) is 31.3. The van der Waals surface area contributed by atoms with E-state index in [1.54, 1.807) is 24.8 Å². The van der Waals surface area contributed by atoms with Crippen molar-refractivity contribution in [2.24, 2.45) is 11.8 Å². The van der Waals surface area contributed by atoms with E-state index in [4.69, 9.17) is 4.74 Å². The molecule has 10 heteroatoms. The predicted molar refractivity (Wildman–Crippen MR) is 191 cm³/mol. The van der Waals surface area contributed by atoms with Crippen LogP contribution in [0.2, 0.25) is 0 Å². The Morgan fingerprint density at radius 2 is 1.22 bits per heavy atom. The van der Waals surface area contributed by atoms with E-state index in [-0.39, 0.29) is 30.3 Å². The summed E-state index contributed by atoms with van der Waals surface area (Å²) in [5.41, 5.74) is 6.13. The molecule has 2 saturated carbocycles. The number of fused-ring (bicyclic) bond motifs is 2. The van der Waals surface area contributed by atoms with Crippen LogP contribution in [0.5, 0.6) is 0 Å². The number of carbonyl (C=O) groups excluding carboxylic acids is 3. The smallest absolute Gasteiger partial charge is 0.340 e. The predicted octanol–water partition coefficient (Wildman–Crippen LogP) is 7.58. The lowest BCUT2D eigenvalue weighted by molar-refractivity contribution is -0.118. The molecule has 2 aromatic carbocycles. The van der Waals surface area contributed by atoms with Crippen LogP contribution in [0.15, 0.2) is 85.5 Å². The van der Waals surface area contributed by atoms with Crippen molar-refractivity contribution in [2.75, 3.05) is 10.6 Å². The zero-order valence-corrected chi connectivity index (χ0v) is 27.7. The van der Waals surface area contributed by atoms with Crippen LogP contribution in [-0.2, 0) is 20.9 Å². The Labute approximate surface area is 288 Å². The van der Waals surface area contributed by atoms with Crippen molar-refractivity contribution in [1.82, 2.24) is 19.9 Å². The summed E-state index contributed by atoms with van der Waals surface area (Å²) in [6.07, 6.45) is 10.5. The molecule has 0 aliphatic heterocycles. The van der Waals surface area contributed by atoms with E-state index >= 15 is 0 Å². The van der Waals surface area contributed by atoms with Gasteiger partial charge in [-0.2, -0.15) is 0 Å². The molecule has 248 valence electrons. The fourth-order valence-electron chi connectivity index (χ4n) is 6.04. The number of hydrogen-bond acceptors (Lipinski definition) is 8. The fourth-order valence-corrected chi connectivity index (χ4v) is 6.04. The number of pyridine rings is 4. The van der Waals surface area contributed by atoms with Crippen LogP contribution in [-0.4, -0.2) is 37.7 Å². The SMILES string of the molecule is Cc1cc(-c2ccc3cc(NC(=O)C4CC4)ncc3c2)c(C(=O)OCc2cnc(C)c(-c3ccc4cc(NC(=O)C5CC5)ncc4c3)c2)cn1. The molecule has 0 atom stereocenters. The summed E-state index contributed by atoms with van der Waals surface area (Å²) in [7, 11) is 0. The highest BCUT2D eigenvalue weighted by Gasteiger charge is 2.30. The Morgan fingerprint density at radius 1 is 0.640 bits per heavy atom. The second kappa shape index (κ2) is 12.8. The second-order valence-corrected chi connectivity index (χ2v) is 13.2. The summed E-state index contributed by atoms with van der Waals surface area (Å²) in [4.78, 5) is 55.8. The standard InChI is InChI=1S/C40H34N6O4/c1-22-11-34(30-10-8-28-16-37(44-19-32(28)14-30)46-39(48)26-5-6-26)35(20-41-22)40(49)50-21-24-12-33(23(2)42-17-24)29-9-7-27-15-36(43-18-31(27)13-29)45-38(47)25-3-4-25/h7-20,25-26H,3-6,21H2,1-2H3,(H,43,45,47)(H,44,46,48). The molecular weight excluding hydrogens is 628 g/mol. The molecule has 0 spiro atoms. The van der Waals surface area contributed by atoms with Gasteiger partial charge in [0, 0.05) is 69.9 Å². The van der Waals surface area contributed by atoms with Gasteiger partial charge < -0.3 is 15.4 Å². The lowest BCUT2D eigenvalue weighted by Gasteiger charge is -2.13. The second-order valence-electron chi connectivity index (χ2n) is 13.2. The van der Waals surface area contributed by atoms with Gasteiger partial charge in [0.25, 0.3) is 0 Å². The van der Waals surface area contributed by atoms with Crippen molar-refractivity contribution in [2.45, 2.75) is 46.1 Å². The number of anilines is 2. The Morgan fingerprint density at radius 3 is 1.80 bits per heavy atom. The first-order chi connectivity index (χ1) is 24.3. The Balaban J connectivity index is 0.991. The summed E-state index contributed by atoms with van der Waals surface area (Å²) >= 11 is 0. The minimum atomic E-state index is -0.493. The number of aromatic nitrogens is 4. The fraction of sp³-hybridized carbons (Fsp3) is 0.225. The highest BCUT2D eigenvalue weighted by molar-refractivity contribution is 6.00. The topological polar surface area (TPSA) is 136 Å². The molecule has 0 radical (unpaired) electrons. The Kier molecular flexibility index (Phi) is 7.99. The largest absolute Gasteiger partial charge is 0.457 e. The van der Waals surface area contributed by atoms with Gasteiger partial charge in [0.15, 0.2) is 0 Å². The van der Waals surface area contributed by atoms with Gasteiger partial charge in [-0.25, -0.2) is 14.8 Å². The van der Waals surface area contributed by atoms with Crippen LogP contribution in [0.1, 0.15) is 53.0 Å². The van der Waals surface area contributed by atoms with Gasteiger partial charge in [0.2, 0.25) is 11.8 Å². The number of carbonyl (C=O) groups is 3. The zero-order valence-electron chi connectivity index (χ0n) is 27.7. The first-order valence-electron chi connectivity index (χ1n) is 16.8. The number of aryl methyl sites for hydroxylation is 2. The molecule has 0 unspecified atom stereocenters. The highest BCUT2D eigenvalue weighted by Crippen LogP contribution is 2.33. The van der Waals surface area contributed by atoms with Crippen molar-refractivity contribution < 1.29 is 19.1 Å². The molecule has 2 aliphatic carbocycles. The van der Waals surface area contributed by atoms with E-state index < -0.39 is 5.97 Å². The van der Waals surface area contributed by atoms with E-state index in [9.17, 15) is 14.4 Å². The number of ether oxygens (including phenoxy) is 1. The highest BCUT2D eigenvalue weighted by atomic mass is 16.5. The van der Waals surface area contributed by atoms with Gasteiger partial charge >= 0.3 is 5.97 Å². The molecular formula is C40H34N6O4. The molecule has 2 aliphatic rings. The molecule has 8 rings (SSSR count). The third kappa shape index (κ3) is 6.64. The Hall–Kier alpha value is -6.03. The maximum atomic E-state index is 13.5. The number of nitrogens with zero attached hydrogens (tertiary/aromatic N) is 4. The number of amides is 2. The number of rotatable bonds is 9. The number of hydrogen-bond donors (Lipinski definition) is 2. The lowest BCUT2D eigenvalue weighted by atomic mass is 9.98. The van der Waals surface area contributed by atoms with Crippen LogP contribution in [0.3, 0.4) is 0 Å². The Bertz CT molecular complexity index is 2350. The average molecular weight is 663 g/mol. The minimum absolute atomic E-state index is 0.0127. The van der Waals surface area contributed by atoms with Gasteiger partial charge in [0.05, 0.1) is 5.56 Å². The first-order valence-corrected chi connectivity index (χ1v) is 16.8. The van der Waals surface area contributed by atoms with Crippen molar-refractivity contribution in [1.29, 1.82) is 0 Å². The molecule has 6 aromatic rings. The van der Waals surface area contributed by atoms with Crippen LogP contribution < -0.4 is 10.6 Å². The van der Waals surface area contributed by atoms with Gasteiger partial charge in [0.1, 0.15) is 18.2 Å². The lowest BCUT2D eigenvalue weighted by Crippen LogP contribution is -2.14. The van der Waals surface area contributed by atoms with Gasteiger partial charge in [-0.05, 0) is 103 Å². The van der Waals surface area contributed by atoms with E-state index in [2.05, 4.69) is 30.6 Å². The van der Waals surface area contributed by atoms with Crippen molar-refractivity contribution in [3.63, 3.8) is 0 Å². The van der Waals surface area contributed by atoms with Crippen molar-refractivity contribution in [3.05, 3.63) is 108 Å². The van der Waals surface area contributed by atoms with E-state index in [0.717, 1.165) is 80.9 Å². The maximum Gasteiger partial charge on any atom is 0.340 e. The third-order valence-electron chi connectivity index (χ3n) is 9.24. The molecule has 2 fully saturated rings. The average Bonchev–Trinajstić information content (AvgIpc) is 4.04. The molecule has 0 bridgehead atoms. The van der Waals surface area contributed by atoms with Gasteiger partial charge in [-0.1, -0.05) is 24.3 Å². The summed E-state index contributed by atoms with van der Waals surface area (Å²) in [5, 5.41) is 9.52. The summed E-state index contributed by atoms with van der Waals surface area (Å²) < 4.78 is 5.83. The quantitative estimate of drug-likeness (QED) is 0.151. The monoisotopic (exact) mass is 662 g/mol. The van der Waals surface area contributed by atoms with E-state index in [1.807, 2.05) is 74.5 Å². The van der Waals surface area contributed by atoms with Crippen molar-refractivity contribution >= 4 is 51.0 Å². The normalized spacial score (nSPS) is 14.0. The number of benzene rings is 2. The molecule has 2 N–H and O–H groups in total.